The quantitative estimate of drug-likeness (QED) is 0.571. The Bertz CT molecular complexity index is 1260. The van der Waals surface area contributed by atoms with Crippen molar-refractivity contribution in [3.63, 3.8) is 0 Å². The van der Waals surface area contributed by atoms with E-state index in [9.17, 15) is 14.4 Å². The average molecular weight is 467 g/mol. The first kappa shape index (κ1) is 23.0. The van der Waals surface area contributed by atoms with Crippen LogP contribution in [0.3, 0.4) is 0 Å². The van der Waals surface area contributed by atoms with E-state index in [0.29, 0.717) is 34.8 Å². The van der Waals surface area contributed by atoms with Gasteiger partial charge in [-0.15, -0.1) is 0 Å². The molecule has 172 valence electrons. The van der Waals surface area contributed by atoms with Gasteiger partial charge in [-0.1, -0.05) is 43.6 Å². The highest BCUT2D eigenvalue weighted by atomic mass is 35.5. The number of nitrogens with one attached hydrogen (secondary N) is 1. The lowest BCUT2D eigenvalue weighted by atomic mass is 10.1. The van der Waals surface area contributed by atoms with Gasteiger partial charge in [-0.2, -0.15) is 0 Å². The van der Waals surface area contributed by atoms with E-state index in [0.717, 1.165) is 24.1 Å². The summed E-state index contributed by atoms with van der Waals surface area (Å²) in [4.78, 5) is 49.4. The third-order valence-corrected chi connectivity index (χ3v) is 6.24. The molecule has 2 heterocycles. The normalized spacial score (nSPS) is 15.9. The van der Waals surface area contributed by atoms with Crippen LogP contribution in [-0.4, -0.2) is 39.8 Å². The van der Waals surface area contributed by atoms with E-state index in [1.807, 2.05) is 31.2 Å². The summed E-state index contributed by atoms with van der Waals surface area (Å²) in [7, 11) is 0. The number of H-pyrrole nitrogens is 1. The summed E-state index contributed by atoms with van der Waals surface area (Å²) in [5, 5.41) is 0.938. The summed E-state index contributed by atoms with van der Waals surface area (Å²) in [6, 6.07) is 12.7. The van der Waals surface area contributed by atoms with Crippen molar-refractivity contribution in [1.29, 1.82) is 0 Å². The zero-order valence-corrected chi connectivity index (χ0v) is 19.6. The first-order valence-corrected chi connectivity index (χ1v) is 11.6. The molecule has 2 aromatic carbocycles. The first-order chi connectivity index (χ1) is 15.9. The highest BCUT2D eigenvalue weighted by molar-refractivity contribution is 6.31. The van der Waals surface area contributed by atoms with Crippen molar-refractivity contribution in [3.8, 4) is 0 Å². The number of hydrogen-bond donors (Lipinski definition) is 1. The summed E-state index contributed by atoms with van der Waals surface area (Å²) in [5.41, 5.74) is 2.18. The minimum absolute atomic E-state index is 0.0439. The molecular formula is C25H27ClN4O3. The lowest BCUT2D eigenvalue weighted by Gasteiger charge is -2.25. The number of halogens is 1. The highest BCUT2D eigenvalue weighted by Gasteiger charge is 2.37. The van der Waals surface area contributed by atoms with E-state index in [-0.39, 0.29) is 30.3 Å². The molecule has 1 fully saturated rings. The van der Waals surface area contributed by atoms with Crippen LogP contribution in [0.25, 0.3) is 10.9 Å². The number of anilines is 1. The molecule has 2 amide bonds. The summed E-state index contributed by atoms with van der Waals surface area (Å²) >= 11 is 6.06. The average Bonchev–Trinajstić information content (AvgIpc) is 3.19. The summed E-state index contributed by atoms with van der Waals surface area (Å²) in [5.74, 6) is -0.183. The third kappa shape index (κ3) is 4.78. The molecule has 1 aromatic heterocycles. The number of nitrogens with zero attached hydrogens (tertiary/aromatic N) is 3. The first-order valence-electron chi connectivity index (χ1n) is 11.3. The molecule has 0 spiro atoms. The maximum atomic E-state index is 13.4. The van der Waals surface area contributed by atoms with Crippen molar-refractivity contribution in [2.75, 3.05) is 18.0 Å². The van der Waals surface area contributed by atoms with Gasteiger partial charge in [0.15, 0.2) is 0 Å². The van der Waals surface area contributed by atoms with Gasteiger partial charge in [-0.05, 0) is 42.7 Å². The van der Waals surface area contributed by atoms with Gasteiger partial charge in [0.25, 0.3) is 5.56 Å². The topological polar surface area (TPSA) is 86.4 Å². The Balaban J connectivity index is 1.56. The van der Waals surface area contributed by atoms with Crippen LogP contribution in [0.2, 0.25) is 5.02 Å². The molecule has 8 heteroatoms. The molecule has 1 aliphatic heterocycles. The third-order valence-electron chi connectivity index (χ3n) is 6.00. The van der Waals surface area contributed by atoms with E-state index in [4.69, 9.17) is 11.6 Å². The minimum Gasteiger partial charge on any atom is -0.335 e. The van der Waals surface area contributed by atoms with Crippen molar-refractivity contribution in [2.45, 2.75) is 39.7 Å². The molecule has 1 aliphatic rings. The summed E-state index contributed by atoms with van der Waals surface area (Å²) < 4.78 is 0. The standard InChI is InChI=1S/C25H27ClN4O3/c1-3-11-29(15-22-27-20-13-18(26)9-10-19(20)24(32)28-22)25(33)17-12-23(31)30(14-17)21-8-6-5-7-16(21)4-2/h5-10,13,17H,3-4,11-12,14-15H2,1-2H3,(H,27,28,32). The molecule has 1 unspecified atom stereocenters. The number of carbonyl (C=O) groups is 2. The van der Waals surface area contributed by atoms with E-state index in [2.05, 4.69) is 16.9 Å². The van der Waals surface area contributed by atoms with Crippen LogP contribution in [0, 0.1) is 5.92 Å². The molecule has 33 heavy (non-hydrogen) atoms. The fourth-order valence-corrected chi connectivity index (χ4v) is 4.56. The van der Waals surface area contributed by atoms with E-state index in [1.54, 1.807) is 28.0 Å². The highest BCUT2D eigenvalue weighted by Crippen LogP contribution is 2.29. The Morgan fingerprint density at radius 1 is 1.21 bits per heavy atom. The van der Waals surface area contributed by atoms with Gasteiger partial charge in [0.1, 0.15) is 5.82 Å². The second kappa shape index (κ2) is 9.75. The van der Waals surface area contributed by atoms with Crippen molar-refractivity contribution in [3.05, 3.63) is 69.2 Å². The number of rotatable bonds is 7. The van der Waals surface area contributed by atoms with Crippen LogP contribution in [0.5, 0.6) is 0 Å². The molecule has 3 aromatic rings. The molecule has 1 N–H and O–H groups in total. The number of aromatic amines is 1. The molecule has 0 radical (unpaired) electrons. The Morgan fingerprint density at radius 3 is 2.76 bits per heavy atom. The predicted molar refractivity (Wildman–Crippen MR) is 129 cm³/mol. The van der Waals surface area contributed by atoms with Crippen molar-refractivity contribution in [2.24, 2.45) is 5.92 Å². The maximum absolute atomic E-state index is 13.4. The van der Waals surface area contributed by atoms with Crippen LogP contribution >= 0.6 is 11.6 Å². The van der Waals surface area contributed by atoms with Gasteiger partial charge in [0.2, 0.25) is 11.8 Å². The van der Waals surface area contributed by atoms with Crippen LogP contribution < -0.4 is 10.5 Å². The fourth-order valence-electron chi connectivity index (χ4n) is 4.39. The molecule has 7 nitrogen and oxygen atoms in total. The number of carbonyl (C=O) groups excluding carboxylic acids is 2. The number of amides is 2. The largest absolute Gasteiger partial charge is 0.335 e. The number of fused-ring (bicyclic) bond motifs is 1. The number of hydrogen-bond acceptors (Lipinski definition) is 4. The number of para-hydroxylation sites is 1. The van der Waals surface area contributed by atoms with Gasteiger partial charge in [-0.25, -0.2) is 4.98 Å². The molecule has 1 saturated heterocycles. The second-order valence-electron chi connectivity index (χ2n) is 8.32. The van der Waals surface area contributed by atoms with Crippen LogP contribution in [-0.2, 0) is 22.6 Å². The number of aryl methyl sites for hydroxylation is 1. The summed E-state index contributed by atoms with van der Waals surface area (Å²) in [6.07, 6.45) is 1.73. The monoisotopic (exact) mass is 466 g/mol. The second-order valence-corrected chi connectivity index (χ2v) is 8.76. The van der Waals surface area contributed by atoms with Gasteiger partial charge < -0.3 is 14.8 Å². The predicted octanol–water partition coefficient (Wildman–Crippen LogP) is 3.93. The van der Waals surface area contributed by atoms with Gasteiger partial charge >= 0.3 is 0 Å². The lowest BCUT2D eigenvalue weighted by Crippen LogP contribution is -2.38. The van der Waals surface area contributed by atoms with Crippen LogP contribution in [0.4, 0.5) is 5.69 Å². The van der Waals surface area contributed by atoms with Crippen molar-refractivity contribution in [1.82, 2.24) is 14.9 Å². The van der Waals surface area contributed by atoms with Gasteiger partial charge in [0, 0.05) is 30.2 Å². The van der Waals surface area contributed by atoms with Crippen molar-refractivity contribution >= 4 is 40.0 Å². The smallest absolute Gasteiger partial charge is 0.258 e. The Labute approximate surface area is 197 Å². The zero-order valence-electron chi connectivity index (χ0n) is 18.8. The van der Waals surface area contributed by atoms with Gasteiger partial charge in [-0.3, -0.25) is 14.4 Å². The lowest BCUT2D eigenvalue weighted by molar-refractivity contribution is -0.136. The minimum atomic E-state index is -0.435. The van der Waals surface area contributed by atoms with Gasteiger partial charge in [0.05, 0.1) is 23.4 Å². The maximum Gasteiger partial charge on any atom is 0.258 e. The molecule has 4 rings (SSSR count). The SMILES string of the molecule is CCCN(Cc1nc2cc(Cl)ccc2c(=O)[nH]1)C(=O)C1CC(=O)N(c2ccccc2CC)C1. The van der Waals surface area contributed by atoms with Crippen LogP contribution in [0.1, 0.15) is 38.1 Å². The van der Waals surface area contributed by atoms with E-state index >= 15 is 0 Å². The number of aromatic nitrogens is 2. The molecule has 0 saturated carbocycles. The Morgan fingerprint density at radius 2 is 2.00 bits per heavy atom. The molecule has 1 atom stereocenters. The molecule has 0 bridgehead atoms. The zero-order chi connectivity index (χ0) is 23.5. The number of benzene rings is 2. The van der Waals surface area contributed by atoms with Crippen LogP contribution in [0.15, 0.2) is 47.3 Å². The van der Waals surface area contributed by atoms with E-state index < -0.39 is 5.92 Å². The Kier molecular flexibility index (Phi) is 6.79. The fraction of sp³-hybridized carbons (Fsp3) is 0.360. The summed E-state index contributed by atoms with van der Waals surface area (Å²) in [6.45, 7) is 5.06. The Hall–Kier alpha value is -3.19. The van der Waals surface area contributed by atoms with Crippen molar-refractivity contribution < 1.29 is 9.59 Å². The molecular weight excluding hydrogens is 440 g/mol. The molecule has 0 aliphatic carbocycles. The van der Waals surface area contributed by atoms with E-state index in [1.165, 1.54) is 0 Å².